The van der Waals surface area contributed by atoms with E-state index in [0.717, 1.165) is 5.39 Å². The molecule has 30 heavy (non-hydrogen) atoms. The molecule has 0 atom stereocenters. The quantitative estimate of drug-likeness (QED) is 0.500. The van der Waals surface area contributed by atoms with Crippen molar-refractivity contribution in [1.82, 2.24) is 19.3 Å². The summed E-state index contributed by atoms with van der Waals surface area (Å²) in [4.78, 5) is 15.4. The van der Waals surface area contributed by atoms with E-state index >= 15 is 0 Å². The molecule has 0 amide bonds. The van der Waals surface area contributed by atoms with Crippen molar-refractivity contribution in [3.63, 3.8) is 0 Å². The maximum atomic E-state index is 13.3. The Morgan fingerprint density at radius 2 is 1.70 bits per heavy atom. The van der Waals surface area contributed by atoms with E-state index in [0.29, 0.717) is 49.1 Å². The molecule has 152 valence electrons. The Morgan fingerprint density at radius 3 is 2.50 bits per heavy atom. The summed E-state index contributed by atoms with van der Waals surface area (Å²) in [5, 5.41) is 0.806. The van der Waals surface area contributed by atoms with Crippen LogP contribution in [-0.2, 0) is 10.0 Å². The first-order valence-electron chi connectivity index (χ1n) is 9.59. The van der Waals surface area contributed by atoms with Gasteiger partial charge in [-0.3, -0.25) is 4.98 Å². The molecule has 0 N–H and O–H groups in total. The molecular formula is C21H19N5O3S. The van der Waals surface area contributed by atoms with Gasteiger partial charge in [-0.1, -0.05) is 18.2 Å². The molecule has 1 fully saturated rings. The number of furan rings is 1. The fraction of sp³-hybridized carbons (Fsp3) is 0.190. The fourth-order valence-corrected chi connectivity index (χ4v) is 5.20. The standard InChI is InChI=1S/C21H19N5O3S/c27-30(28,19-7-1-4-16-5-2-9-22-20(16)19)26-13-11-25(12-14-26)21-23-10-8-17(24-21)18-6-3-15-29-18/h1-10,15H,11-14H2. The van der Waals surface area contributed by atoms with Crippen LogP contribution in [0, 0.1) is 0 Å². The Hall–Kier alpha value is -3.30. The Labute approximate surface area is 173 Å². The van der Waals surface area contributed by atoms with Crippen molar-refractivity contribution < 1.29 is 12.8 Å². The van der Waals surface area contributed by atoms with Crippen molar-refractivity contribution >= 4 is 26.9 Å². The number of hydrogen-bond acceptors (Lipinski definition) is 7. The second-order valence-corrected chi connectivity index (χ2v) is 8.85. The van der Waals surface area contributed by atoms with Gasteiger partial charge in [0.25, 0.3) is 0 Å². The number of hydrogen-bond donors (Lipinski definition) is 0. The number of rotatable bonds is 4. The number of fused-ring (bicyclic) bond motifs is 1. The molecule has 0 radical (unpaired) electrons. The summed E-state index contributed by atoms with van der Waals surface area (Å²) in [5.41, 5.74) is 1.19. The molecule has 0 bridgehead atoms. The first-order chi connectivity index (χ1) is 14.6. The van der Waals surface area contributed by atoms with Crippen LogP contribution >= 0.6 is 0 Å². The minimum absolute atomic E-state index is 0.241. The van der Waals surface area contributed by atoms with Gasteiger partial charge in [-0.25, -0.2) is 18.4 Å². The van der Waals surface area contributed by atoms with E-state index in [1.807, 2.05) is 29.2 Å². The van der Waals surface area contributed by atoms with E-state index in [-0.39, 0.29) is 4.90 Å². The molecule has 1 aromatic carbocycles. The summed E-state index contributed by atoms with van der Waals surface area (Å²) in [6, 6.07) is 14.3. The zero-order valence-corrected chi connectivity index (χ0v) is 16.9. The minimum Gasteiger partial charge on any atom is -0.463 e. The lowest BCUT2D eigenvalue weighted by atomic mass is 10.2. The molecule has 0 spiro atoms. The molecule has 1 aliphatic heterocycles. The highest BCUT2D eigenvalue weighted by molar-refractivity contribution is 7.89. The van der Waals surface area contributed by atoms with Crippen molar-refractivity contribution in [1.29, 1.82) is 0 Å². The number of nitrogens with zero attached hydrogens (tertiary/aromatic N) is 5. The predicted octanol–water partition coefficient (Wildman–Crippen LogP) is 2.80. The van der Waals surface area contributed by atoms with Gasteiger partial charge in [-0.05, 0) is 30.3 Å². The van der Waals surface area contributed by atoms with Crippen LogP contribution in [0.3, 0.4) is 0 Å². The average molecular weight is 421 g/mol. The first-order valence-corrected chi connectivity index (χ1v) is 11.0. The van der Waals surface area contributed by atoms with Gasteiger partial charge in [0.15, 0.2) is 5.76 Å². The van der Waals surface area contributed by atoms with E-state index in [4.69, 9.17) is 4.42 Å². The van der Waals surface area contributed by atoms with Crippen LogP contribution in [0.1, 0.15) is 0 Å². The molecule has 1 aliphatic rings. The highest BCUT2D eigenvalue weighted by Gasteiger charge is 2.31. The molecule has 5 rings (SSSR count). The summed E-state index contributed by atoms with van der Waals surface area (Å²) in [5.74, 6) is 1.23. The number of benzene rings is 1. The fourth-order valence-electron chi connectivity index (χ4n) is 3.61. The average Bonchev–Trinajstić information content (AvgIpc) is 3.34. The number of aromatic nitrogens is 3. The molecule has 0 unspecified atom stereocenters. The number of sulfonamides is 1. The van der Waals surface area contributed by atoms with Gasteiger partial charge in [-0.15, -0.1) is 0 Å². The highest BCUT2D eigenvalue weighted by Crippen LogP contribution is 2.26. The van der Waals surface area contributed by atoms with Crippen LogP contribution < -0.4 is 4.90 Å². The van der Waals surface area contributed by atoms with Gasteiger partial charge in [0.2, 0.25) is 16.0 Å². The maximum absolute atomic E-state index is 13.3. The van der Waals surface area contributed by atoms with E-state index in [9.17, 15) is 8.42 Å². The van der Waals surface area contributed by atoms with Crippen molar-refractivity contribution in [2.45, 2.75) is 4.90 Å². The van der Waals surface area contributed by atoms with Crippen LogP contribution in [0.2, 0.25) is 0 Å². The largest absolute Gasteiger partial charge is 0.463 e. The molecule has 4 aromatic rings. The number of para-hydroxylation sites is 1. The smallest absolute Gasteiger partial charge is 0.245 e. The molecule has 4 heterocycles. The molecular weight excluding hydrogens is 402 g/mol. The van der Waals surface area contributed by atoms with Crippen molar-refractivity contribution in [3.05, 3.63) is 67.2 Å². The highest BCUT2D eigenvalue weighted by atomic mass is 32.2. The summed E-state index contributed by atoms with van der Waals surface area (Å²) < 4.78 is 33.5. The minimum atomic E-state index is -3.65. The van der Waals surface area contributed by atoms with Crippen LogP contribution in [-0.4, -0.2) is 53.9 Å². The van der Waals surface area contributed by atoms with Crippen LogP contribution in [0.4, 0.5) is 5.95 Å². The molecule has 1 saturated heterocycles. The zero-order chi connectivity index (χ0) is 20.6. The summed E-state index contributed by atoms with van der Waals surface area (Å²) >= 11 is 0. The Kier molecular flexibility index (Phi) is 4.68. The van der Waals surface area contributed by atoms with E-state index in [2.05, 4.69) is 15.0 Å². The molecule has 3 aromatic heterocycles. The zero-order valence-electron chi connectivity index (χ0n) is 16.0. The third kappa shape index (κ3) is 3.31. The van der Waals surface area contributed by atoms with Gasteiger partial charge in [0.05, 0.1) is 11.8 Å². The molecule has 0 saturated carbocycles. The monoisotopic (exact) mass is 421 g/mol. The van der Waals surface area contributed by atoms with E-state index in [1.165, 1.54) is 4.31 Å². The third-order valence-electron chi connectivity index (χ3n) is 5.15. The van der Waals surface area contributed by atoms with Crippen molar-refractivity contribution in [2.75, 3.05) is 31.1 Å². The summed E-state index contributed by atoms with van der Waals surface area (Å²) in [6.07, 6.45) is 4.90. The SMILES string of the molecule is O=S(=O)(c1cccc2cccnc12)N1CCN(c2nccc(-c3ccco3)n2)CC1. The van der Waals surface area contributed by atoms with Crippen LogP contribution in [0.5, 0.6) is 0 Å². The Bertz CT molecular complexity index is 1280. The topological polar surface area (TPSA) is 92.4 Å². The number of piperazine rings is 1. The lowest BCUT2D eigenvalue weighted by molar-refractivity contribution is 0.383. The first kappa shape index (κ1) is 18.7. The van der Waals surface area contributed by atoms with Crippen molar-refractivity contribution in [3.8, 4) is 11.5 Å². The Balaban J connectivity index is 1.36. The summed E-state index contributed by atoms with van der Waals surface area (Å²) in [7, 11) is -3.65. The Morgan fingerprint density at radius 1 is 0.867 bits per heavy atom. The lowest BCUT2D eigenvalue weighted by Crippen LogP contribution is -2.49. The normalized spacial score (nSPS) is 15.5. The molecule has 0 aliphatic carbocycles. The van der Waals surface area contributed by atoms with E-state index in [1.54, 1.807) is 42.9 Å². The van der Waals surface area contributed by atoms with E-state index < -0.39 is 10.0 Å². The lowest BCUT2D eigenvalue weighted by Gasteiger charge is -2.34. The van der Waals surface area contributed by atoms with Gasteiger partial charge in [0.1, 0.15) is 10.6 Å². The second-order valence-electron chi connectivity index (χ2n) is 6.94. The third-order valence-corrected chi connectivity index (χ3v) is 7.08. The molecule has 8 nitrogen and oxygen atoms in total. The molecule has 9 heteroatoms. The van der Waals surface area contributed by atoms with Gasteiger partial charge < -0.3 is 9.32 Å². The number of anilines is 1. The second kappa shape index (κ2) is 7.51. The number of pyridine rings is 1. The van der Waals surface area contributed by atoms with Crippen LogP contribution in [0.15, 0.2) is 76.5 Å². The van der Waals surface area contributed by atoms with Gasteiger partial charge in [0, 0.05) is 44.0 Å². The van der Waals surface area contributed by atoms with Crippen molar-refractivity contribution in [2.24, 2.45) is 0 Å². The predicted molar refractivity (Wildman–Crippen MR) is 112 cm³/mol. The van der Waals surface area contributed by atoms with Crippen LogP contribution in [0.25, 0.3) is 22.4 Å². The van der Waals surface area contributed by atoms with Gasteiger partial charge >= 0.3 is 0 Å². The van der Waals surface area contributed by atoms with Gasteiger partial charge in [-0.2, -0.15) is 4.31 Å². The summed E-state index contributed by atoms with van der Waals surface area (Å²) in [6.45, 7) is 1.69. The maximum Gasteiger partial charge on any atom is 0.245 e.